The zero-order valence-electron chi connectivity index (χ0n) is 12.6. The smallest absolute Gasteiger partial charge is 0.223 e. The fraction of sp³-hybridized carbons (Fsp3) is 0.316. The first-order chi connectivity index (χ1) is 10.8. The van der Waals surface area contributed by atoms with Crippen LogP contribution in [-0.2, 0) is 17.9 Å². The van der Waals surface area contributed by atoms with Gasteiger partial charge in [0, 0.05) is 12.5 Å². The van der Waals surface area contributed by atoms with Gasteiger partial charge in [0.25, 0.3) is 0 Å². The van der Waals surface area contributed by atoms with Gasteiger partial charge in [0.1, 0.15) is 12.4 Å². The van der Waals surface area contributed by atoms with E-state index in [9.17, 15) is 4.79 Å². The van der Waals surface area contributed by atoms with Crippen LogP contribution in [0.25, 0.3) is 0 Å². The van der Waals surface area contributed by atoms with E-state index < -0.39 is 0 Å². The number of nitrogens with one attached hydrogen (secondary N) is 1. The van der Waals surface area contributed by atoms with Gasteiger partial charge >= 0.3 is 0 Å². The predicted octanol–water partition coefficient (Wildman–Crippen LogP) is 3.68. The summed E-state index contributed by atoms with van der Waals surface area (Å²) in [5.74, 6) is 1.27. The second kappa shape index (κ2) is 7.12. The minimum absolute atomic E-state index is 0.185. The summed E-state index contributed by atoms with van der Waals surface area (Å²) in [5.41, 5.74) is 2.23. The van der Waals surface area contributed by atoms with Gasteiger partial charge in [0.2, 0.25) is 5.91 Å². The molecule has 1 fully saturated rings. The Balaban J connectivity index is 1.58. The number of ether oxygens (including phenoxy) is 1. The topological polar surface area (TPSA) is 38.3 Å². The lowest BCUT2D eigenvalue weighted by atomic mass is 9.85. The van der Waals surface area contributed by atoms with Gasteiger partial charge in [-0.25, -0.2) is 0 Å². The number of carbonyl (C=O) groups is 1. The molecule has 1 saturated carbocycles. The Labute approximate surface area is 131 Å². The molecule has 3 heteroatoms. The van der Waals surface area contributed by atoms with E-state index in [1.165, 1.54) is 6.42 Å². The SMILES string of the molecule is O=C(NCc1ccccc1COc1ccccc1)C1CCC1. The Morgan fingerprint density at radius 1 is 1.00 bits per heavy atom. The molecule has 3 nitrogen and oxygen atoms in total. The molecule has 1 amide bonds. The van der Waals surface area contributed by atoms with E-state index in [1.54, 1.807) is 0 Å². The maximum Gasteiger partial charge on any atom is 0.223 e. The van der Waals surface area contributed by atoms with Gasteiger partial charge in [0.15, 0.2) is 0 Å². The van der Waals surface area contributed by atoms with E-state index in [4.69, 9.17) is 4.74 Å². The normalized spacial score (nSPS) is 14.2. The minimum Gasteiger partial charge on any atom is -0.489 e. The molecule has 0 aromatic heterocycles. The molecule has 0 heterocycles. The molecule has 0 spiro atoms. The summed E-state index contributed by atoms with van der Waals surface area (Å²) in [6.07, 6.45) is 3.24. The van der Waals surface area contributed by atoms with Crippen molar-refractivity contribution in [1.82, 2.24) is 5.32 Å². The number of hydrogen-bond donors (Lipinski definition) is 1. The first kappa shape index (κ1) is 14.6. The van der Waals surface area contributed by atoms with Crippen LogP contribution in [-0.4, -0.2) is 5.91 Å². The number of benzene rings is 2. The molecule has 0 aliphatic heterocycles. The molecule has 0 atom stereocenters. The van der Waals surface area contributed by atoms with Crippen molar-refractivity contribution >= 4 is 5.91 Å². The Morgan fingerprint density at radius 2 is 1.68 bits per heavy atom. The van der Waals surface area contributed by atoms with E-state index in [0.29, 0.717) is 13.2 Å². The van der Waals surface area contributed by atoms with E-state index in [2.05, 4.69) is 5.32 Å². The highest BCUT2D eigenvalue weighted by Gasteiger charge is 2.24. The van der Waals surface area contributed by atoms with E-state index >= 15 is 0 Å². The molecular formula is C19H21NO2. The van der Waals surface area contributed by atoms with Crippen LogP contribution >= 0.6 is 0 Å². The van der Waals surface area contributed by atoms with Gasteiger partial charge in [-0.2, -0.15) is 0 Å². The third-order valence-corrected chi connectivity index (χ3v) is 4.18. The first-order valence-corrected chi connectivity index (χ1v) is 7.85. The fourth-order valence-electron chi connectivity index (χ4n) is 2.55. The second-order valence-corrected chi connectivity index (χ2v) is 5.72. The van der Waals surface area contributed by atoms with Crippen molar-refractivity contribution in [2.75, 3.05) is 0 Å². The van der Waals surface area contributed by atoms with Gasteiger partial charge in [0.05, 0.1) is 0 Å². The summed E-state index contributed by atoms with van der Waals surface area (Å²) in [5, 5.41) is 3.04. The number of carbonyl (C=O) groups excluding carboxylic acids is 1. The summed E-state index contributed by atoms with van der Waals surface area (Å²) in [6.45, 7) is 1.09. The van der Waals surface area contributed by atoms with Crippen LogP contribution in [0.15, 0.2) is 54.6 Å². The molecule has 0 unspecified atom stereocenters. The van der Waals surface area contributed by atoms with Crippen LogP contribution in [0.5, 0.6) is 5.75 Å². The zero-order valence-corrected chi connectivity index (χ0v) is 12.6. The lowest BCUT2D eigenvalue weighted by Crippen LogP contribution is -2.34. The monoisotopic (exact) mass is 295 g/mol. The lowest BCUT2D eigenvalue weighted by Gasteiger charge is -2.24. The highest BCUT2D eigenvalue weighted by Crippen LogP contribution is 2.26. The molecule has 3 rings (SSSR count). The van der Waals surface area contributed by atoms with E-state index in [0.717, 1.165) is 29.7 Å². The van der Waals surface area contributed by atoms with Crippen LogP contribution in [0.2, 0.25) is 0 Å². The van der Waals surface area contributed by atoms with Gasteiger partial charge in [-0.3, -0.25) is 4.79 Å². The molecular weight excluding hydrogens is 274 g/mol. The standard InChI is InChI=1S/C19H21NO2/c21-19(15-9-6-10-15)20-13-16-7-4-5-8-17(16)14-22-18-11-2-1-3-12-18/h1-5,7-8,11-12,15H,6,9-10,13-14H2,(H,20,21). The van der Waals surface area contributed by atoms with Crippen LogP contribution < -0.4 is 10.1 Å². The third-order valence-electron chi connectivity index (χ3n) is 4.18. The van der Waals surface area contributed by atoms with Crippen molar-refractivity contribution in [2.24, 2.45) is 5.92 Å². The molecule has 2 aromatic rings. The van der Waals surface area contributed by atoms with Crippen LogP contribution in [0.3, 0.4) is 0 Å². The lowest BCUT2D eigenvalue weighted by molar-refractivity contribution is -0.127. The second-order valence-electron chi connectivity index (χ2n) is 5.72. The largest absolute Gasteiger partial charge is 0.489 e. The number of rotatable bonds is 6. The summed E-state index contributed by atoms with van der Waals surface area (Å²) in [4.78, 5) is 11.9. The quantitative estimate of drug-likeness (QED) is 0.883. The summed E-state index contributed by atoms with van der Waals surface area (Å²) >= 11 is 0. The summed E-state index contributed by atoms with van der Waals surface area (Å²) in [6, 6.07) is 17.9. The average molecular weight is 295 g/mol. The van der Waals surface area contributed by atoms with Crippen molar-refractivity contribution in [3.8, 4) is 5.75 Å². The molecule has 0 radical (unpaired) electrons. The Hall–Kier alpha value is -2.29. The third kappa shape index (κ3) is 3.67. The molecule has 2 aromatic carbocycles. The van der Waals surface area contributed by atoms with Crippen LogP contribution in [0.4, 0.5) is 0 Å². The molecule has 0 saturated heterocycles. The van der Waals surface area contributed by atoms with Crippen molar-refractivity contribution in [1.29, 1.82) is 0 Å². The van der Waals surface area contributed by atoms with E-state index in [1.807, 2.05) is 54.6 Å². The molecule has 1 N–H and O–H groups in total. The maximum absolute atomic E-state index is 11.9. The molecule has 114 valence electrons. The van der Waals surface area contributed by atoms with Gasteiger partial charge in [-0.15, -0.1) is 0 Å². The maximum atomic E-state index is 11.9. The van der Waals surface area contributed by atoms with Gasteiger partial charge in [-0.1, -0.05) is 48.9 Å². The molecule has 0 bridgehead atoms. The molecule has 1 aliphatic rings. The number of amides is 1. The fourth-order valence-corrected chi connectivity index (χ4v) is 2.55. The van der Waals surface area contributed by atoms with Crippen molar-refractivity contribution < 1.29 is 9.53 Å². The van der Waals surface area contributed by atoms with Gasteiger partial charge in [-0.05, 0) is 36.1 Å². The Morgan fingerprint density at radius 3 is 2.36 bits per heavy atom. The van der Waals surface area contributed by atoms with Crippen molar-refractivity contribution in [3.63, 3.8) is 0 Å². The average Bonchev–Trinajstić information content (AvgIpc) is 2.51. The Bertz CT molecular complexity index is 620. The van der Waals surface area contributed by atoms with E-state index in [-0.39, 0.29) is 11.8 Å². The van der Waals surface area contributed by atoms with Crippen molar-refractivity contribution in [2.45, 2.75) is 32.4 Å². The number of hydrogen-bond acceptors (Lipinski definition) is 2. The predicted molar refractivity (Wildman–Crippen MR) is 86.4 cm³/mol. The summed E-state index contributed by atoms with van der Waals surface area (Å²) in [7, 11) is 0. The van der Waals surface area contributed by atoms with Crippen LogP contribution in [0.1, 0.15) is 30.4 Å². The molecule has 1 aliphatic carbocycles. The molecule has 22 heavy (non-hydrogen) atoms. The van der Waals surface area contributed by atoms with Crippen molar-refractivity contribution in [3.05, 3.63) is 65.7 Å². The van der Waals surface area contributed by atoms with Gasteiger partial charge < -0.3 is 10.1 Å². The highest BCUT2D eigenvalue weighted by molar-refractivity contribution is 5.79. The Kier molecular flexibility index (Phi) is 4.74. The highest BCUT2D eigenvalue weighted by atomic mass is 16.5. The minimum atomic E-state index is 0.185. The number of para-hydroxylation sites is 1. The zero-order chi connectivity index (χ0) is 15.2. The van der Waals surface area contributed by atoms with Crippen LogP contribution in [0, 0.1) is 5.92 Å². The first-order valence-electron chi connectivity index (χ1n) is 7.85. The summed E-state index contributed by atoms with van der Waals surface area (Å²) < 4.78 is 5.81.